The van der Waals surface area contributed by atoms with Crippen LogP contribution in [0, 0.1) is 30.6 Å². The van der Waals surface area contributed by atoms with Crippen molar-refractivity contribution in [1.29, 1.82) is 0 Å². The van der Waals surface area contributed by atoms with Gasteiger partial charge in [-0.1, -0.05) is 29.5 Å². The van der Waals surface area contributed by atoms with Crippen LogP contribution < -0.4 is 0 Å². The van der Waals surface area contributed by atoms with Crippen molar-refractivity contribution in [3.63, 3.8) is 0 Å². The molecule has 3 aromatic carbocycles. The smallest absolute Gasteiger partial charge is 0.290 e. The average Bonchev–Trinajstić information content (AvgIpc) is 2.88. The van der Waals surface area contributed by atoms with Gasteiger partial charge in [-0.2, -0.15) is 26.3 Å². The molecule has 1 aromatic heterocycles. The minimum absolute atomic E-state index is 0.105. The van der Waals surface area contributed by atoms with E-state index < -0.39 is 23.5 Å². The Balaban J connectivity index is 1.67. The molecule has 39 heavy (non-hydrogen) atoms. The summed E-state index contributed by atoms with van der Waals surface area (Å²) in [6.07, 6.45) is -8.91. The Hall–Kier alpha value is -4.34. The zero-order valence-corrected chi connectivity index (χ0v) is 20.9. The fraction of sp³-hybridized carbons (Fsp3) is 0.100. The highest BCUT2D eigenvalue weighted by molar-refractivity contribution is 7.99. The fourth-order valence-corrected chi connectivity index (χ4v) is 4.21. The molecule has 0 fully saturated rings. The number of aromatic nitrogens is 1. The second-order valence-corrected chi connectivity index (χ2v) is 9.35. The molecule has 1 radical (unpaired) electrons. The zero-order valence-electron chi connectivity index (χ0n) is 20.0. The van der Waals surface area contributed by atoms with Gasteiger partial charge < -0.3 is 0 Å². The third-order valence-corrected chi connectivity index (χ3v) is 6.19. The lowest BCUT2D eigenvalue weighted by Gasteiger charge is -2.06. The molecule has 9 heteroatoms. The maximum absolute atomic E-state index is 12.8. The highest BCUT2D eigenvalue weighted by atomic mass is 32.2. The Morgan fingerprint density at radius 1 is 0.641 bits per heavy atom. The van der Waals surface area contributed by atoms with Crippen molar-refractivity contribution >= 4 is 11.8 Å². The Morgan fingerprint density at radius 2 is 1.15 bits per heavy atom. The van der Waals surface area contributed by atoms with E-state index in [1.54, 1.807) is 31.2 Å². The van der Waals surface area contributed by atoms with Crippen LogP contribution in [-0.4, -0.2) is 4.98 Å². The van der Waals surface area contributed by atoms with Gasteiger partial charge in [-0.25, -0.2) is 4.98 Å². The van der Waals surface area contributed by atoms with Crippen LogP contribution in [0.4, 0.5) is 26.3 Å². The van der Waals surface area contributed by atoms with Gasteiger partial charge in [-0.3, -0.25) is 5.11 Å². The second-order valence-electron chi connectivity index (χ2n) is 8.26. The lowest BCUT2D eigenvalue weighted by atomic mass is 10.1. The quantitative estimate of drug-likeness (QED) is 0.185. The third kappa shape index (κ3) is 7.59. The molecule has 0 atom stereocenters. The van der Waals surface area contributed by atoms with Gasteiger partial charge in [0.25, 0.3) is 0 Å². The molecular weight excluding hydrogens is 536 g/mol. The molecule has 0 unspecified atom stereocenters. The van der Waals surface area contributed by atoms with E-state index >= 15 is 0 Å². The van der Waals surface area contributed by atoms with Crippen molar-refractivity contribution in [3.8, 4) is 29.4 Å². The first-order valence-electron chi connectivity index (χ1n) is 11.2. The topological polar surface area (TPSA) is 32.8 Å². The number of halogens is 6. The first kappa shape index (κ1) is 27.7. The molecular formula is C30H16F6NOS. The van der Waals surface area contributed by atoms with Crippen molar-refractivity contribution in [1.82, 2.24) is 4.98 Å². The minimum Gasteiger partial charge on any atom is -0.290 e. The lowest BCUT2D eigenvalue weighted by Crippen LogP contribution is -2.04. The predicted molar refractivity (Wildman–Crippen MR) is 135 cm³/mol. The monoisotopic (exact) mass is 552 g/mol. The Kier molecular flexibility index (Phi) is 7.94. The van der Waals surface area contributed by atoms with E-state index in [2.05, 4.69) is 28.7 Å². The summed E-state index contributed by atoms with van der Waals surface area (Å²) in [5.41, 5.74) is 0.464. The number of pyridine rings is 1. The molecule has 0 bridgehead atoms. The van der Waals surface area contributed by atoms with Crippen molar-refractivity contribution in [2.24, 2.45) is 0 Å². The first-order valence-corrected chi connectivity index (χ1v) is 12.0. The fourth-order valence-electron chi connectivity index (χ4n) is 3.27. The van der Waals surface area contributed by atoms with Crippen LogP contribution in [0.2, 0.25) is 0 Å². The average molecular weight is 553 g/mol. The van der Waals surface area contributed by atoms with Gasteiger partial charge >= 0.3 is 12.4 Å². The van der Waals surface area contributed by atoms with Gasteiger partial charge in [-0.05, 0) is 97.3 Å². The van der Waals surface area contributed by atoms with Crippen molar-refractivity contribution < 1.29 is 31.4 Å². The summed E-state index contributed by atoms with van der Waals surface area (Å²) in [5.74, 6) is 11.2. The van der Waals surface area contributed by atoms with Crippen LogP contribution in [0.15, 0.2) is 88.8 Å². The Bertz CT molecular complexity index is 1520. The standard InChI is InChI=1S/C30H16F6NOS/c1-19-16-26(14-15-27(19)38)39-28-18-22(3-2-20-4-9-23(10-5-20)29(31,32)33)17-25(37-28)13-8-21-6-11-24(12-7-21)30(34,35)36/h4-7,9-12,14-18H,1H3. The molecule has 0 saturated carbocycles. The van der Waals surface area contributed by atoms with Crippen LogP contribution in [0.1, 0.15) is 39.1 Å². The maximum atomic E-state index is 12.8. The van der Waals surface area contributed by atoms with Crippen LogP contribution in [-0.2, 0) is 17.5 Å². The Labute approximate surface area is 224 Å². The molecule has 0 aliphatic rings. The first-order chi connectivity index (χ1) is 18.4. The summed E-state index contributed by atoms with van der Waals surface area (Å²) in [6, 6.07) is 16.9. The molecule has 4 aromatic rings. The van der Waals surface area contributed by atoms with Crippen LogP contribution in [0.25, 0.3) is 0 Å². The van der Waals surface area contributed by atoms with Crippen LogP contribution in [0.3, 0.4) is 0 Å². The summed E-state index contributed by atoms with van der Waals surface area (Å²) in [7, 11) is 0. The van der Waals surface area contributed by atoms with Crippen molar-refractivity contribution in [2.45, 2.75) is 29.2 Å². The molecule has 0 spiro atoms. The number of alkyl halides is 6. The van der Waals surface area contributed by atoms with E-state index in [0.29, 0.717) is 27.3 Å². The molecule has 0 N–H and O–H groups in total. The summed E-state index contributed by atoms with van der Waals surface area (Å²) < 4.78 is 77.0. The number of rotatable bonds is 2. The number of hydrogen-bond donors (Lipinski definition) is 0. The number of aryl methyl sites for hydroxylation is 1. The van der Waals surface area contributed by atoms with E-state index in [-0.39, 0.29) is 11.4 Å². The van der Waals surface area contributed by atoms with Crippen LogP contribution >= 0.6 is 11.8 Å². The molecule has 2 nitrogen and oxygen atoms in total. The summed E-state index contributed by atoms with van der Waals surface area (Å²) >= 11 is 1.26. The zero-order chi connectivity index (χ0) is 28.2. The van der Waals surface area contributed by atoms with Crippen LogP contribution in [0.5, 0.6) is 5.75 Å². The SMILES string of the molecule is Cc1cc(Sc2cc(C#Cc3ccc(C(F)(F)F)cc3)cc(C#Cc3ccc(C(F)(F)F)cc3)n2)ccc1[O]. The number of benzene rings is 3. The molecule has 0 saturated heterocycles. The van der Waals surface area contributed by atoms with E-state index in [4.69, 9.17) is 0 Å². The highest BCUT2D eigenvalue weighted by Crippen LogP contribution is 2.32. The molecule has 4 rings (SSSR count). The van der Waals surface area contributed by atoms with Gasteiger partial charge in [-0.15, -0.1) is 0 Å². The van der Waals surface area contributed by atoms with Crippen molar-refractivity contribution in [2.75, 3.05) is 0 Å². The molecule has 1 heterocycles. The minimum atomic E-state index is -4.46. The highest BCUT2D eigenvalue weighted by Gasteiger charge is 2.30. The van der Waals surface area contributed by atoms with E-state index in [0.717, 1.165) is 29.2 Å². The molecule has 195 valence electrons. The summed E-state index contributed by atoms with van der Waals surface area (Å²) in [5, 5.41) is 12.2. The van der Waals surface area contributed by atoms with Gasteiger partial charge in [0.2, 0.25) is 0 Å². The van der Waals surface area contributed by atoms with Gasteiger partial charge in [0, 0.05) is 21.6 Å². The molecule has 0 aliphatic heterocycles. The molecule has 0 amide bonds. The van der Waals surface area contributed by atoms with Crippen molar-refractivity contribution in [3.05, 3.63) is 118 Å². The Morgan fingerprint density at radius 3 is 1.67 bits per heavy atom. The lowest BCUT2D eigenvalue weighted by molar-refractivity contribution is -0.138. The van der Waals surface area contributed by atoms with E-state index in [1.165, 1.54) is 42.1 Å². The second kappa shape index (κ2) is 11.2. The molecule has 0 aliphatic carbocycles. The number of hydrogen-bond acceptors (Lipinski definition) is 2. The van der Waals surface area contributed by atoms with Gasteiger partial charge in [0.1, 0.15) is 10.7 Å². The van der Waals surface area contributed by atoms with Gasteiger partial charge in [0.15, 0.2) is 5.75 Å². The maximum Gasteiger partial charge on any atom is 0.416 e. The summed E-state index contributed by atoms with van der Waals surface area (Å²) in [4.78, 5) is 5.23. The predicted octanol–water partition coefficient (Wildman–Crippen LogP) is 8.52. The normalized spacial score (nSPS) is 11.3. The number of nitrogens with zero attached hydrogens (tertiary/aromatic N) is 1. The van der Waals surface area contributed by atoms with E-state index in [1.807, 2.05) is 0 Å². The third-order valence-electron chi connectivity index (χ3n) is 5.28. The van der Waals surface area contributed by atoms with Gasteiger partial charge in [0.05, 0.1) is 11.1 Å². The van der Waals surface area contributed by atoms with E-state index in [9.17, 15) is 31.4 Å². The summed E-state index contributed by atoms with van der Waals surface area (Å²) in [6.45, 7) is 1.69. The largest absolute Gasteiger partial charge is 0.416 e.